The molecule has 0 aliphatic rings. The fourth-order valence-electron chi connectivity index (χ4n) is 0.587. The van der Waals surface area contributed by atoms with Gasteiger partial charge in [-0.1, -0.05) is 0 Å². The molecule has 13 heavy (non-hydrogen) atoms. The van der Waals surface area contributed by atoms with Gasteiger partial charge < -0.3 is 13.6 Å². The van der Waals surface area contributed by atoms with Crippen LogP contribution >= 0.6 is 8.60 Å². The molecule has 0 aromatic heterocycles. The van der Waals surface area contributed by atoms with Crippen molar-refractivity contribution in [2.45, 2.75) is 27.2 Å². The maximum Gasteiger partial charge on any atom is 0.332 e. The van der Waals surface area contributed by atoms with E-state index in [1.165, 1.54) is 6.92 Å². The van der Waals surface area contributed by atoms with E-state index in [1.54, 1.807) is 0 Å². The van der Waals surface area contributed by atoms with Crippen LogP contribution in [0.1, 0.15) is 27.2 Å². The summed E-state index contributed by atoms with van der Waals surface area (Å²) in [5, 5.41) is 0. The highest BCUT2D eigenvalue weighted by atomic mass is 31.2. The van der Waals surface area contributed by atoms with E-state index in [0.29, 0.717) is 26.2 Å². The largest absolute Gasteiger partial charge is 0.332 e. The molecule has 0 saturated carbocycles. The van der Waals surface area contributed by atoms with Crippen LogP contribution in [0.4, 0.5) is 0 Å². The van der Waals surface area contributed by atoms with E-state index in [2.05, 4.69) is 0 Å². The van der Waals surface area contributed by atoms with Gasteiger partial charge in [0.15, 0.2) is 0 Å². The first kappa shape index (κ1) is 13.0. The topological polar surface area (TPSA) is 44.8 Å². The van der Waals surface area contributed by atoms with Crippen molar-refractivity contribution in [3.63, 3.8) is 0 Å². The van der Waals surface area contributed by atoms with Gasteiger partial charge in [0, 0.05) is 6.42 Å². The van der Waals surface area contributed by atoms with Crippen molar-refractivity contribution in [3.8, 4) is 0 Å². The molecule has 0 spiro atoms. The minimum atomic E-state index is -1.24. The monoisotopic (exact) mass is 208 g/mol. The molecule has 0 aromatic rings. The normalized spacial score (nSPS) is 10.8. The Labute approximate surface area is 80.6 Å². The van der Waals surface area contributed by atoms with Gasteiger partial charge >= 0.3 is 8.60 Å². The third-order valence-corrected chi connectivity index (χ3v) is 2.45. The van der Waals surface area contributed by atoms with E-state index < -0.39 is 8.60 Å². The molecule has 0 saturated heterocycles. The number of carbonyl (C=O) groups is 1. The molecular formula is C8H17O4P. The third kappa shape index (κ3) is 8.31. The molecule has 4 nitrogen and oxygen atoms in total. The Kier molecular flexibility index (Phi) is 8.56. The van der Waals surface area contributed by atoms with Crippen LogP contribution in [0.3, 0.4) is 0 Å². The Morgan fingerprint density at radius 2 is 1.69 bits per heavy atom. The van der Waals surface area contributed by atoms with Crippen molar-refractivity contribution < 1.29 is 18.4 Å². The van der Waals surface area contributed by atoms with E-state index in [0.717, 1.165) is 0 Å². The summed E-state index contributed by atoms with van der Waals surface area (Å²) in [7, 11) is -1.24. The Hall–Kier alpha value is -0.0200. The van der Waals surface area contributed by atoms with Gasteiger partial charge in [-0.25, -0.2) is 0 Å². The van der Waals surface area contributed by atoms with Gasteiger partial charge in [0.05, 0.1) is 19.8 Å². The fraction of sp³-hybridized carbons (Fsp3) is 0.875. The van der Waals surface area contributed by atoms with E-state index >= 15 is 0 Å². The van der Waals surface area contributed by atoms with Crippen LogP contribution in [-0.2, 0) is 18.4 Å². The van der Waals surface area contributed by atoms with Crippen LogP contribution in [0.2, 0.25) is 0 Å². The molecule has 0 heterocycles. The van der Waals surface area contributed by atoms with Gasteiger partial charge in [0.25, 0.3) is 0 Å². The van der Waals surface area contributed by atoms with Gasteiger partial charge in [-0.3, -0.25) is 4.79 Å². The van der Waals surface area contributed by atoms with Crippen molar-refractivity contribution in [3.05, 3.63) is 0 Å². The first-order valence-electron chi connectivity index (χ1n) is 4.39. The van der Waals surface area contributed by atoms with Crippen molar-refractivity contribution in [1.29, 1.82) is 0 Å². The molecule has 0 rings (SSSR count). The quantitative estimate of drug-likeness (QED) is 0.574. The standard InChI is InChI=1S/C8H17O4P/c1-4-10-13(11-5-2)12-7-6-8(3)9/h4-7H2,1-3H3. The zero-order valence-electron chi connectivity index (χ0n) is 8.41. The lowest BCUT2D eigenvalue weighted by Crippen LogP contribution is -2.00. The van der Waals surface area contributed by atoms with Gasteiger partial charge in [0.2, 0.25) is 0 Å². The van der Waals surface area contributed by atoms with E-state index in [-0.39, 0.29) is 5.78 Å². The summed E-state index contributed by atoms with van der Waals surface area (Å²) in [5.41, 5.74) is 0. The van der Waals surface area contributed by atoms with Crippen LogP contribution < -0.4 is 0 Å². The molecule has 0 aliphatic heterocycles. The summed E-state index contributed by atoms with van der Waals surface area (Å²) in [6, 6.07) is 0. The number of hydrogen-bond donors (Lipinski definition) is 0. The summed E-state index contributed by atoms with van der Waals surface area (Å²) in [5.74, 6) is 0.114. The molecule has 78 valence electrons. The van der Waals surface area contributed by atoms with Crippen LogP contribution in [0.25, 0.3) is 0 Å². The van der Waals surface area contributed by atoms with Crippen LogP contribution in [0.5, 0.6) is 0 Å². The fourth-order valence-corrected chi connectivity index (χ4v) is 1.47. The number of rotatable bonds is 8. The molecule has 0 N–H and O–H groups in total. The average Bonchev–Trinajstić information content (AvgIpc) is 2.04. The second-order valence-electron chi connectivity index (χ2n) is 2.34. The van der Waals surface area contributed by atoms with Gasteiger partial charge in [0.1, 0.15) is 5.78 Å². The van der Waals surface area contributed by atoms with E-state index in [9.17, 15) is 4.79 Å². The molecule has 5 heteroatoms. The molecule has 0 atom stereocenters. The summed E-state index contributed by atoms with van der Waals surface area (Å²) in [6.07, 6.45) is 0.416. The lowest BCUT2D eigenvalue weighted by molar-refractivity contribution is -0.117. The van der Waals surface area contributed by atoms with Crippen molar-refractivity contribution >= 4 is 14.4 Å². The lowest BCUT2D eigenvalue weighted by Gasteiger charge is -2.13. The molecule has 0 radical (unpaired) electrons. The molecule has 0 bridgehead atoms. The molecule has 0 fully saturated rings. The zero-order chi connectivity index (χ0) is 10.1. The van der Waals surface area contributed by atoms with Crippen LogP contribution in [-0.4, -0.2) is 25.6 Å². The third-order valence-electron chi connectivity index (χ3n) is 1.12. The molecule has 0 unspecified atom stereocenters. The Morgan fingerprint density at radius 3 is 2.08 bits per heavy atom. The highest BCUT2D eigenvalue weighted by Gasteiger charge is 2.10. The summed E-state index contributed by atoms with van der Waals surface area (Å²) in [4.78, 5) is 10.6. The predicted octanol–water partition coefficient (Wildman–Crippen LogP) is 2.28. The molecular weight excluding hydrogens is 191 g/mol. The minimum Gasteiger partial charge on any atom is -0.313 e. The van der Waals surface area contributed by atoms with Gasteiger partial charge in [-0.15, -0.1) is 0 Å². The number of carbonyl (C=O) groups excluding carboxylic acids is 1. The van der Waals surface area contributed by atoms with Crippen molar-refractivity contribution in [1.82, 2.24) is 0 Å². The van der Waals surface area contributed by atoms with Crippen LogP contribution in [0, 0.1) is 0 Å². The first-order chi connectivity index (χ1) is 6.20. The minimum absolute atomic E-state index is 0.114. The van der Waals surface area contributed by atoms with Gasteiger partial charge in [-0.05, 0) is 20.8 Å². The summed E-state index contributed by atoms with van der Waals surface area (Å²) >= 11 is 0. The predicted molar refractivity (Wildman–Crippen MR) is 51.4 cm³/mol. The van der Waals surface area contributed by atoms with Crippen LogP contribution in [0.15, 0.2) is 0 Å². The molecule has 0 aliphatic carbocycles. The first-order valence-corrected chi connectivity index (χ1v) is 5.48. The number of hydrogen-bond acceptors (Lipinski definition) is 4. The highest BCUT2D eigenvalue weighted by molar-refractivity contribution is 7.41. The van der Waals surface area contributed by atoms with Crippen molar-refractivity contribution in [2.75, 3.05) is 19.8 Å². The summed E-state index contributed by atoms with van der Waals surface area (Å²) < 4.78 is 15.6. The average molecular weight is 208 g/mol. The second-order valence-corrected chi connectivity index (χ2v) is 3.57. The maximum absolute atomic E-state index is 10.6. The molecule has 0 aromatic carbocycles. The highest BCUT2D eigenvalue weighted by Crippen LogP contribution is 2.39. The second kappa shape index (κ2) is 8.57. The smallest absolute Gasteiger partial charge is 0.313 e. The zero-order valence-corrected chi connectivity index (χ0v) is 9.30. The van der Waals surface area contributed by atoms with Crippen molar-refractivity contribution in [2.24, 2.45) is 0 Å². The van der Waals surface area contributed by atoms with Gasteiger partial charge in [-0.2, -0.15) is 0 Å². The Balaban J connectivity index is 3.49. The van der Waals surface area contributed by atoms with E-state index in [4.69, 9.17) is 13.6 Å². The summed E-state index contributed by atoms with van der Waals surface area (Å²) in [6.45, 7) is 6.79. The van der Waals surface area contributed by atoms with E-state index in [1.807, 2.05) is 13.8 Å². The maximum atomic E-state index is 10.6. The Bertz CT molecular complexity index is 134. The SMILES string of the molecule is CCOP(OCC)OCCC(C)=O. The number of ketones is 1. The Morgan fingerprint density at radius 1 is 1.15 bits per heavy atom. The molecule has 0 amide bonds. The lowest BCUT2D eigenvalue weighted by atomic mass is 10.3. The number of Topliss-reactive ketones (excluding diaryl/α,β-unsaturated/α-hetero) is 1.